The normalized spacial score (nSPS) is 11.8. The Morgan fingerprint density at radius 1 is 1.28 bits per heavy atom. The van der Waals surface area contributed by atoms with E-state index in [2.05, 4.69) is 6.92 Å². The summed E-state index contributed by atoms with van der Waals surface area (Å²) >= 11 is 0. The summed E-state index contributed by atoms with van der Waals surface area (Å²) in [6, 6.07) is 7.67. The lowest BCUT2D eigenvalue weighted by molar-refractivity contribution is -0.131. The van der Waals surface area contributed by atoms with E-state index in [1.807, 2.05) is 30.3 Å². The molecule has 0 aromatic heterocycles. The van der Waals surface area contributed by atoms with Crippen molar-refractivity contribution in [3.05, 3.63) is 47.6 Å². The number of carbonyl (C=O) groups is 1. The summed E-state index contributed by atoms with van der Waals surface area (Å²) in [6.45, 7) is 2.07. The highest BCUT2D eigenvalue weighted by atomic mass is 16.5. The first-order valence-electron chi connectivity index (χ1n) is 5.91. The van der Waals surface area contributed by atoms with Crippen molar-refractivity contribution in [1.29, 1.82) is 0 Å². The average Bonchev–Trinajstić information content (AvgIpc) is 2.37. The standard InChI is InChI=1S/C15H18O3/c1-3-4-12(7-10-15(16)17)11-13-5-8-14(18-2)9-6-13/h5-11H,3-4H2,1-2H3,(H,16,17). The van der Waals surface area contributed by atoms with E-state index in [0.717, 1.165) is 29.7 Å². The first kappa shape index (κ1) is 14.0. The van der Waals surface area contributed by atoms with Crippen LogP contribution >= 0.6 is 0 Å². The topological polar surface area (TPSA) is 46.5 Å². The molecule has 0 fully saturated rings. The average molecular weight is 246 g/mol. The number of rotatable bonds is 6. The van der Waals surface area contributed by atoms with Gasteiger partial charge in [0.1, 0.15) is 5.75 Å². The third kappa shape index (κ3) is 4.87. The molecule has 3 nitrogen and oxygen atoms in total. The van der Waals surface area contributed by atoms with Gasteiger partial charge < -0.3 is 9.84 Å². The molecule has 1 aromatic carbocycles. The van der Waals surface area contributed by atoms with Crippen molar-refractivity contribution in [2.75, 3.05) is 7.11 Å². The molecule has 1 aromatic rings. The number of hydrogen-bond acceptors (Lipinski definition) is 2. The number of benzene rings is 1. The van der Waals surface area contributed by atoms with Gasteiger partial charge in [0, 0.05) is 6.08 Å². The van der Waals surface area contributed by atoms with Gasteiger partial charge in [-0.2, -0.15) is 0 Å². The molecule has 0 saturated carbocycles. The molecule has 0 radical (unpaired) electrons. The fourth-order valence-corrected chi connectivity index (χ4v) is 1.58. The van der Waals surface area contributed by atoms with E-state index >= 15 is 0 Å². The van der Waals surface area contributed by atoms with Crippen LogP contribution in [0.3, 0.4) is 0 Å². The summed E-state index contributed by atoms with van der Waals surface area (Å²) in [7, 11) is 1.63. The second-order valence-electron chi connectivity index (χ2n) is 3.91. The number of carboxylic acids is 1. The highest BCUT2D eigenvalue weighted by Gasteiger charge is 1.96. The fraction of sp³-hybridized carbons (Fsp3) is 0.267. The van der Waals surface area contributed by atoms with Crippen molar-refractivity contribution in [1.82, 2.24) is 0 Å². The first-order valence-corrected chi connectivity index (χ1v) is 5.91. The highest BCUT2D eigenvalue weighted by Crippen LogP contribution is 2.16. The Labute approximate surface area is 107 Å². The quantitative estimate of drug-likeness (QED) is 0.617. The van der Waals surface area contributed by atoms with E-state index in [1.165, 1.54) is 6.08 Å². The third-order valence-corrected chi connectivity index (χ3v) is 2.45. The molecule has 0 heterocycles. The fourth-order valence-electron chi connectivity index (χ4n) is 1.58. The zero-order chi connectivity index (χ0) is 13.4. The summed E-state index contributed by atoms with van der Waals surface area (Å²) in [6.07, 6.45) is 6.64. The van der Waals surface area contributed by atoms with E-state index in [4.69, 9.17) is 9.84 Å². The number of methoxy groups -OCH3 is 1. The zero-order valence-electron chi connectivity index (χ0n) is 10.7. The predicted octanol–water partition coefficient (Wildman–Crippen LogP) is 3.52. The second-order valence-corrected chi connectivity index (χ2v) is 3.91. The minimum atomic E-state index is -0.924. The molecule has 0 aliphatic heterocycles. The molecule has 3 heteroatoms. The maximum atomic E-state index is 10.5. The Morgan fingerprint density at radius 2 is 1.94 bits per heavy atom. The smallest absolute Gasteiger partial charge is 0.328 e. The van der Waals surface area contributed by atoms with Crippen LogP contribution in [0.4, 0.5) is 0 Å². The Balaban J connectivity index is 2.88. The van der Waals surface area contributed by atoms with E-state index in [9.17, 15) is 4.79 Å². The van der Waals surface area contributed by atoms with Crippen molar-refractivity contribution in [2.24, 2.45) is 0 Å². The van der Waals surface area contributed by atoms with Gasteiger partial charge in [0.15, 0.2) is 0 Å². The molecule has 96 valence electrons. The summed E-state index contributed by atoms with van der Waals surface area (Å²) in [5.74, 6) is -0.114. The van der Waals surface area contributed by atoms with Crippen LogP contribution in [-0.2, 0) is 4.79 Å². The van der Waals surface area contributed by atoms with E-state index in [0.29, 0.717) is 0 Å². The van der Waals surface area contributed by atoms with Gasteiger partial charge in [-0.25, -0.2) is 4.79 Å². The van der Waals surface area contributed by atoms with Gasteiger partial charge in [0.05, 0.1) is 7.11 Å². The second kappa shape index (κ2) is 7.33. The monoisotopic (exact) mass is 246 g/mol. The lowest BCUT2D eigenvalue weighted by Gasteiger charge is -2.02. The van der Waals surface area contributed by atoms with Gasteiger partial charge in [-0.1, -0.05) is 37.6 Å². The minimum absolute atomic E-state index is 0.810. The van der Waals surface area contributed by atoms with Crippen molar-refractivity contribution >= 4 is 12.0 Å². The van der Waals surface area contributed by atoms with Crippen molar-refractivity contribution in [2.45, 2.75) is 19.8 Å². The number of ether oxygens (including phenoxy) is 1. The molecule has 1 rings (SSSR count). The number of carboxylic acid groups (broad SMARTS) is 1. The first-order chi connectivity index (χ1) is 8.65. The van der Waals surface area contributed by atoms with Gasteiger partial charge in [0.2, 0.25) is 0 Å². The van der Waals surface area contributed by atoms with Crippen LogP contribution in [0.15, 0.2) is 42.0 Å². The van der Waals surface area contributed by atoms with Gasteiger partial charge in [-0.3, -0.25) is 0 Å². The number of hydrogen-bond donors (Lipinski definition) is 1. The van der Waals surface area contributed by atoms with Crippen LogP contribution in [0, 0.1) is 0 Å². The molecule has 0 aliphatic rings. The van der Waals surface area contributed by atoms with Crippen LogP contribution in [-0.4, -0.2) is 18.2 Å². The molecule has 0 aliphatic carbocycles. The van der Waals surface area contributed by atoms with Gasteiger partial charge in [0.25, 0.3) is 0 Å². The van der Waals surface area contributed by atoms with Gasteiger partial charge >= 0.3 is 5.97 Å². The van der Waals surface area contributed by atoms with E-state index in [1.54, 1.807) is 13.2 Å². The van der Waals surface area contributed by atoms with Crippen LogP contribution in [0.5, 0.6) is 5.75 Å². The largest absolute Gasteiger partial charge is 0.497 e. The van der Waals surface area contributed by atoms with E-state index < -0.39 is 5.97 Å². The third-order valence-electron chi connectivity index (χ3n) is 2.45. The van der Waals surface area contributed by atoms with Crippen molar-refractivity contribution in [3.63, 3.8) is 0 Å². The Bertz CT molecular complexity index is 441. The van der Waals surface area contributed by atoms with Gasteiger partial charge in [-0.15, -0.1) is 0 Å². The molecule has 0 saturated heterocycles. The molecule has 18 heavy (non-hydrogen) atoms. The van der Waals surface area contributed by atoms with Crippen molar-refractivity contribution in [3.8, 4) is 5.75 Å². The maximum absolute atomic E-state index is 10.5. The minimum Gasteiger partial charge on any atom is -0.497 e. The Hall–Kier alpha value is -2.03. The Morgan fingerprint density at radius 3 is 2.44 bits per heavy atom. The van der Waals surface area contributed by atoms with Crippen LogP contribution in [0.1, 0.15) is 25.3 Å². The molecule has 0 unspecified atom stereocenters. The lowest BCUT2D eigenvalue weighted by atomic mass is 10.1. The Kier molecular flexibility index (Phi) is 5.71. The molecule has 0 spiro atoms. The van der Waals surface area contributed by atoms with Crippen LogP contribution < -0.4 is 4.74 Å². The van der Waals surface area contributed by atoms with Crippen LogP contribution in [0.2, 0.25) is 0 Å². The van der Waals surface area contributed by atoms with E-state index in [-0.39, 0.29) is 0 Å². The SMILES string of the molecule is CCCC(C=CC(=O)O)=Cc1ccc(OC)cc1. The summed E-state index contributed by atoms with van der Waals surface area (Å²) in [5.41, 5.74) is 2.04. The summed E-state index contributed by atoms with van der Waals surface area (Å²) in [5, 5.41) is 8.63. The predicted molar refractivity (Wildman–Crippen MR) is 72.7 cm³/mol. The molecule has 0 atom stereocenters. The van der Waals surface area contributed by atoms with Crippen molar-refractivity contribution < 1.29 is 14.6 Å². The number of aliphatic carboxylic acids is 1. The highest BCUT2D eigenvalue weighted by molar-refractivity contribution is 5.80. The van der Waals surface area contributed by atoms with Crippen LogP contribution in [0.25, 0.3) is 6.08 Å². The molecule has 0 amide bonds. The zero-order valence-corrected chi connectivity index (χ0v) is 10.7. The molecular formula is C15H18O3. The summed E-state index contributed by atoms with van der Waals surface area (Å²) < 4.78 is 5.09. The molecular weight excluding hydrogens is 228 g/mol. The molecule has 1 N–H and O–H groups in total. The lowest BCUT2D eigenvalue weighted by Crippen LogP contribution is -1.88. The maximum Gasteiger partial charge on any atom is 0.328 e. The summed E-state index contributed by atoms with van der Waals surface area (Å²) in [4.78, 5) is 10.5. The van der Waals surface area contributed by atoms with Gasteiger partial charge in [-0.05, 0) is 29.7 Å². The number of allylic oxidation sites excluding steroid dienone is 2. The molecule has 0 bridgehead atoms.